The van der Waals surface area contributed by atoms with Crippen LogP contribution in [0.3, 0.4) is 0 Å². The molecule has 0 aliphatic carbocycles. The number of nitrogens with zero attached hydrogens (tertiary/aromatic N) is 2. The summed E-state index contributed by atoms with van der Waals surface area (Å²) >= 11 is 0. The second-order valence-electron chi connectivity index (χ2n) is 6.95. The van der Waals surface area contributed by atoms with Crippen LogP contribution in [0.4, 0.5) is 0 Å². The van der Waals surface area contributed by atoms with E-state index in [4.69, 9.17) is 0 Å². The zero-order chi connectivity index (χ0) is 17.9. The summed E-state index contributed by atoms with van der Waals surface area (Å²) in [5, 5.41) is 11.5. The maximum Gasteiger partial charge on any atom is 0.253 e. The molecule has 2 aromatic carbocycles. The third-order valence-electron chi connectivity index (χ3n) is 5.22. The number of carbonyl (C=O) groups is 1. The Morgan fingerprint density at radius 3 is 2.73 bits per heavy atom. The number of hydrogen-bond donors (Lipinski definition) is 2. The number of rotatable bonds is 5. The van der Waals surface area contributed by atoms with E-state index >= 15 is 0 Å². The van der Waals surface area contributed by atoms with Crippen molar-refractivity contribution < 1.29 is 4.79 Å². The molecule has 1 saturated heterocycles. The molecule has 2 heterocycles. The lowest BCUT2D eigenvalue weighted by Gasteiger charge is -2.24. The molecule has 0 radical (unpaired) electrons. The molecule has 5 heteroatoms. The van der Waals surface area contributed by atoms with Crippen molar-refractivity contribution in [1.82, 2.24) is 20.4 Å². The summed E-state index contributed by atoms with van der Waals surface area (Å²) in [6.07, 6.45) is 2.97. The Balaban J connectivity index is 1.51. The molecule has 0 spiro atoms. The average Bonchev–Trinajstić information content (AvgIpc) is 3.36. The second-order valence-corrected chi connectivity index (χ2v) is 6.95. The molecule has 1 atom stereocenters. The predicted molar refractivity (Wildman–Crippen MR) is 104 cm³/mol. The maximum atomic E-state index is 12.8. The third-order valence-corrected chi connectivity index (χ3v) is 5.22. The minimum atomic E-state index is 0.120. The molecular formula is C21H24N4O. The van der Waals surface area contributed by atoms with Gasteiger partial charge in [-0.1, -0.05) is 24.3 Å². The van der Waals surface area contributed by atoms with E-state index < -0.39 is 0 Å². The Morgan fingerprint density at radius 1 is 1.19 bits per heavy atom. The Bertz CT molecular complexity index is 894. The highest BCUT2D eigenvalue weighted by atomic mass is 16.2. The van der Waals surface area contributed by atoms with Gasteiger partial charge in [0.1, 0.15) is 0 Å². The summed E-state index contributed by atoms with van der Waals surface area (Å²) in [6, 6.07) is 14.1. The number of H-pyrrole nitrogens is 1. The van der Waals surface area contributed by atoms with E-state index in [1.54, 1.807) is 0 Å². The van der Waals surface area contributed by atoms with Gasteiger partial charge < -0.3 is 10.2 Å². The minimum Gasteiger partial charge on any atom is -0.339 e. The Morgan fingerprint density at radius 2 is 2.00 bits per heavy atom. The summed E-state index contributed by atoms with van der Waals surface area (Å²) < 4.78 is 0. The summed E-state index contributed by atoms with van der Waals surface area (Å²) in [7, 11) is 0. The van der Waals surface area contributed by atoms with Crippen LogP contribution in [0.25, 0.3) is 22.0 Å². The highest BCUT2D eigenvalue weighted by Crippen LogP contribution is 2.24. The van der Waals surface area contributed by atoms with Gasteiger partial charge in [-0.3, -0.25) is 9.89 Å². The Kier molecular flexibility index (Phi) is 4.71. The van der Waals surface area contributed by atoms with E-state index in [-0.39, 0.29) is 5.91 Å². The first kappa shape index (κ1) is 16.8. The fourth-order valence-electron chi connectivity index (χ4n) is 3.64. The van der Waals surface area contributed by atoms with Gasteiger partial charge in [-0.15, -0.1) is 0 Å². The molecule has 1 fully saturated rings. The highest BCUT2D eigenvalue weighted by Gasteiger charge is 2.21. The molecule has 4 rings (SSSR count). The highest BCUT2D eigenvalue weighted by molar-refractivity contribution is 5.95. The van der Waals surface area contributed by atoms with Gasteiger partial charge in [0.2, 0.25) is 0 Å². The summed E-state index contributed by atoms with van der Waals surface area (Å²) in [5.74, 6) is 0.689. The van der Waals surface area contributed by atoms with Crippen molar-refractivity contribution in [2.45, 2.75) is 13.3 Å². The molecule has 1 aliphatic heterocycles. The molecular weight excluding hydrogens is 324 g/mol. The van der Waals surface area contributed by atoms with E-state index in [1.165, 1.54) is 0 Å². The van der Waals surface area contributed by atoms with Crippen molar-refractivity contribution in [3.05, 3.63) is 54.2 Å². The van der Waals surface area contributed by atoms with Crippen molar-refractivity contribution >= 4 is 16.8 Å². The Labute approximate surface area is 153 Å². The van der Waals surface area contributed by atoms with Crippen LogP contribution >= 0.6 is 0 Å². The third kappa shape index (κ3) is 3.35. The summed E-state index contributed by atoms with van der Waals surface area (Å²) in [4.78, 5) is 14.8. The van der Waals surface area contributed by atoms with Crippen molar-refractivity contribution in [3.8, 4) is 11.1 Å². The van der Waals surface area contributed by atoms with Crippen molar-refractivity contribution in [3.63, 3.8) is 0 Å². The van der Waals surface area contributed by atoms with E-state index in [0.29, 0.717) is 5.92 Å². The fraction of sp³-hybridized carbons (Fsp3) is 0.333. The van der Waals surface area contributed by atoms with E-state index in [0.717, 1.165) is 60.2 Å². The number of aromatic amines is 1. The quantitative estimate of drug-likeness (QED) is 0.744. The van der Waals surface area contributed by atoms with E-state index in [9.17, 15) is 4.79 Å². The molecule has 5 nitrogen and oxygen atoms in total. The van der Waals surface area contributed by atoms with Crippen LogP contribution in [0.2, 0.25) is 0 Å². The molecule has 1 aliphatic rings. The van der Waals surface area contributed by atoms with Gasteiger partial charge in [0.25, 0.3) is 5.91 Å². The smallest absolute Gasteiger partial charge is 0.253 e. The Hall–Kier alpha value is -2.66. The average molecular weight is 348 g/mol. The zero-order valence-electron chi connectivity index (χ0n) is 15.0. The minimum absolute atomic E-state index is 0.120. The van der Waals surface area contributed by atoms with Crippen LogP contribution in [-0.2, 0) is 0 Å². The normalized spacial score (nSPS) is 16.9. The molecule has 1 amide bonds. The lowest BCUT2D eigenvalue weighted by molar-refractivity contribution is 0.0742. The SMILES string of the molecule is CCN(CC1CCNC1)C(=O)c1ccc(-c2ccc3cn[nH]c3c2)cc1. The number of nitrogens with one attached hydrogen (secondary N) is 2. The van der Waals surface area contributed by atoms with Crippen molar-refractivity contribution in [2.75, 3.05) is 26.2 Å². The van der Waals surface area contributed by atoms with E-state index in [2.05, 4.69) is 33.7 Å². The number of hydrogen-bond acceptors (Lipinski definition) is 3. The molecule has 0 saturated carbocycles. The summed E-state index contributed by atoms with van der Waals surface area (Å²) in [6.45, 7) is 5.70. The van der Waals surface area contributed by atoms with Crippen LogP contribution < -0.4 is 5.32 Å². The van der Waals surface area contributed by atoms with Gasteiger partial charge in [0, 0.05) is 24.0 Å². The van der Waals surface area contributed by atoms with Crippen LogP contribution in [0.15, 0.2) is 48.7 Å². The monoisotopic (exact) mass is 348 g/mol. The second kappa shape index (κ2) is 7.30. The number of benzene rings is 2. The number of fused-ring (bicyclic) bond motifs is 1. The summed E-state index contributed by atoms with van der Waals surface area (Å²) in [5.41, 5.74) is 3.99. The van der Waals surface area contributed by atoms with Crippen molar-refractivity contribution in [1.29, 1.82) is 0 Å². The fourth-order valence-corrected chi connectivity index (χ4v) is 3.64. The molecule has 1 unspecified atom stereocenters. The predicted octanol–water partition coefficient (Wildman–Crippen LogP) is 3.30. The van der Waals surface area contributed by atoms with Crippen molar-refractivity contribution in [2.24, 2.45) is 5.92 Å². The maximum absolute atomic E-state index is 12.8. The van der Waals surface area contributed by atoms with Gasteiger partial charge in [0.15, 0.2) is 0 Å². The first-order valence-electron chi connectivity index (χ1n) is 9.28. The van der Waals surface area contributed by atoms with Gasteiger partial charge in [0.05, 0.1) is 11.7 Å². The van der Waals surface area contributed by atoms with Gasteiger partial charge in [-0.25, -0.2) is 0 Å². The van der Waals surface area contributed by atoms with Gasteiger partial charge in [-0.2, -0.15) is 5.10 Å². The van der Waals surface area contributed by atoms with Crippen LogP contribution in [0, 0.1) is 5.92 Å². The first-order valence-corrected chi connectivity index (χ1v) is 9.28. The number of carbonyl (C=O) groups excluding carboxylic acids is 1. The molecule has 3 aromatic rings. The van der Waals surface area contributed by atoms with Gasteiger partial charge >= 0.3 is 0 Å². The van der Waals surface area contributed by atoms with E-state index in [1.807, 2.05) is 42.3 Å². The molecule has 2 N–H and O–H groups in total. The number of amides is 1. The topological polar surface area (TPSA) is 61.0 Å². The largest absolute Gasteiger partial charge is 0.339 e. The molecule has 1 aromatic heterocycles. The van der Waals surface area contributed by atoms with Crippen LogP contribution in [0.5, 0.6) is 0 Å². The lowest BCUT2D eigenvalue weighted by atomic mass is 10.0. The molecule has 134 valence electrons. The molecule has 0 bridgehead atoms. The van der Waals surface area contributed by atoms with Gasteiger partial charge in [-0.05, 0) is 61.7 Å². The molecule has 26 heavy (non-hydrogen) atoms. The first-order chi connectivity index (χ1) is 12.7. The lowest BCUT2D eigenvalue weighted by Crippen LogP contribution is -2.35. The number of aromatic nitrogens is 2. The zero-order valence-corrected chi connectivity index (χ0v) is 15.0. The van der Waals surface area contributed by atoms with Crippen LogP contribution in [-0.4, -0.2) is 47.2 Å². The van der Waals surface area contributed by atoms with Crippen LogP contribution in [0.1, 0.15) is 23.7 Å². The standard InChI is InChI=1S/C21H24N4O/c1-2-25(14-15-9-10-22-12-15)21(26)17-5-3-16(4-6-17)18-7-8-19-13-23-24-20(19)11-18/h3-8,11,13,15,22H,2,9-10,12,14H2,1H3,(H,23,24).